The van der Waals surface area contributed by atoms with Crippen LogP contribution < -0.4 is 5.32 Å². The Hall–Kier alpha value is -1.89. The van der Waals surface area contributed by atoms with Gasteiger partial charge in [0.2, 0.25) is 11.8 Å². The van der Waals surface area contributed by atoms with Gasteiger partial charge >= 0.3 is 0 Å². The van der Waals surface area contributed by atoms with Crippen molar-refractivity contribution in [3.63, 3.8) is 0 Å². The largest absolute Gasteiger partial charge is 0.352 e. The molecule has 0 aliphatic rings. The maximum Gasteiger partial charge on any atom is 0.243 e. The van der Waals surface area contributed by atoms with Crippen LogP contribution in [0, 0.1) is 0 Å². The predicted octanol–water partition coefficient (Wildman–Crippen LogP) is 7.70. The van der Waals surface area contributed by atoms with E-state index in [0.717, 1.165) is 11.1 Å². The molecule has 1 N–H and O–H groups in total. The summed E-state index contributed by atoms with van der Waals surface area (Å²) in [4.78, 5) is 28.7. The van der Waals surface area contributed by atoms with E-state index in [-0.39, 0.29) is 30.2 Å². The molecule has 1 unspecified atom stereocenters. The summed E-state index contributed by atoms with van der Waals surface area (Å²) in [5.74, 6) is 0.285. The van der Waals surface area contributed by atoms with Crippen molar-refractivity contribution < 1.29 is 9.59 Å². The lowest BCUT2D eigenvalue weighted by molar-refractivity contribution is -0.139. The number of carbonyl (C=O) groups excluding carboxylic acids is 2. The third-order valence-corrected chi connectivity index (χ3v) is 7.70. The van der Waals surface area contributed by atoms with Gasteiger partial charge in [-0.3, -0.25) is 9.59 Å². The van der Waals surface area contributed by atoms with E-state index < -0.39 is 6.04 Å². The van der Waals surface area contributed by atoms with Crippen LogP contribution in [0.15, 0.2) is 66.7 Å². The van der Waals surface area contributed by atoms with Gasteiger partial charge in [-0.15, -0.1) is 11.8 Å². The van der Waals surface area contributed by atoms with Crippen LogP contribution in [0.25, 0.3) is 0 Å². The SMILES string of the molecule is CC(C)NC(=O)C(Cc1ccccc1)N(Cc1ccc(Cl)cc1Cl)C(=O)CSCc1ccc(Cl)cc1Cl. The Morgan fingerprint density at radius 2 is 1.46 bits per heavy atom. The standard InChI is InChI=1S/C28H28Cl4N2O2S/c1-18(2)33-28(36)26(12-19-6-4-3-5-7-19)34(15-20-8-10-22(29)13-24(20)31)27(35)17-37-16-21-9-11-23(30)14-25(21)32/h3-11,13-14,18,26H,12,15-17H2,1-2H3,(H,33,36). The van der Waals surface area contributed by atoms with E-state index in [0.29, 0.717) is 37.8 Å². The first kappa shape index (κ1) is 29.7. The Kier molecular flexibility index (Phi) is 11.5. The first-order chi connectivity index (χ1) is 17.6. The van der Waals surface area contributed by atoms with Crippen molar-refractivity contribution in [3.05, 3.63) is 104 Å². The number of thioether (sulfide) groups is 1. The molecule has 0 fully saturated rings. The molecule has 37 heavy (non-hydrogen) atoms. The smallest absolute Gasteiger partial charge is 0.243 e. The van der Waals surface area contributed by atoms with Crippen molar-refractivity contribution in [1.29, 1.82) is 0 Å². The molecule has 196 valence electrons. The number of amides is 2. The van der Waals surface area contributed by atoms with Gasteiger partial charge in [0.15, 0.2) is 0 Å². The van der Waals surface area contributed by atoms with Gasteiger partial charge in [-0.05, 0) is 54.8 Å². The van der Waals surface area contributed by atoms with Crippen LogP contribution in [-0.4, -0.2) is 34.6 Å². The van der Waals surface area contributed by atoms with Crippen LogP contribution in [0.3, 0.4) is 0 Å². The van der Waals surface area contributed by atoms with E-state index in [1.165, 1.54) is 11.8 Å². The van der Waals surface area contributed by atoms with E-state index in [2.05, 4.69) is 5.32 Å². The highest BCUT2D eigenvalue weighted by molar-refractivity contribution is 7.99. The number of nitrogens with one attached hydrogen (secondary N) is 1. The van der Waals surface area contributed by atoms with Gasteiger partial charge in [0.1, 0.15) is 6.04 Å². The summed E-state index contributed by atoms with van der Waals surface area (Å²) in [5.41, 5.74) is 2.54. The monoisotopic (exact) mass is 596 g/mol. The molecular weight excluding hydrogens is 570 g/mol. The normalized spacial score (nSPS) is 11.9. The molecule has 9 heteroatoms. The second-order valence-corrected chi connectivity index (χ2v) is 11.5. The highest BCUT2D eigenvalue weighted by Gasteiger charge is 2.31. The number of halogens is 4. The molecule has 0 saturated carbocycles. The fraction of sp³-hybridized carbons (Fsp3) is 0.286. The topological polar surface area (TPSA) is 49.4 Å². The molecule has 0 aliphatic carbocycles. The molecule has 1 atom stereocenters. The van der Waals surface area contributed by atoms with Crippen molar-refractivity contribution in [1.82, 2.24) is 10.2 Å². The lowest BCUT2D eigenvalue weighted by atomic mass is 10.0. The summed E-state index contributed by atoms with van der Waals surface area (Å²) in [6.45, 7) is 3.96. The van der Waals surface area contributed by atoms with Crippen LogP contribution in [0.2, 0.25) is 20.1 Å². The number of hydrogen-bond donors (Lipinski definition) is 1. The fourth-order valence-corrected chi connectivity index (χ4v) is 5.68. The minimum Gasteiger partial charge on any atom is -0.352 e. The Labute approximate surface area is 242 Å². The van der Waals surface area contributed by atoms with Crippen LogP contribution >= 0.6 is 58.2 Å². The molecule has 0 saturated heterocycles. The van der Waals surface area contributed by atoms with E-state index >= 15 is 0 Å². The maximum atomic E-state index is 13.7. The van der Waals surface area contributed by atoms with E-state index in [9.17, 15) is 9.59 Å². The number of carbonyl (C=O) groups is 2. The lowest BCUT2D eigenvalue weighted by Gasteiger charge is -2.32. The molecular formula is C28H28Cl4N2O2S. The Morgan fingerprint density at radius 1 is 0.865 bits per heavy atom. The molecule has 4 nitrogen and oxygen atoms in total. The van der Waals surface area contributed by atoms with Crippen LogP contribution in [0.4, 0.5) is 0 Å². The molecule has 2 amide bonds. The first-order valence-corrected chi connectivity index (χ1v) is 14.4. The molecule has 3 aromatic carbocycles. The summed E-state index contributed by atoms with van der Waals surface area (Å²) in [5, 5.41) is 5.03. The summed E-state index contributed by atoms with van der Waals surface area (Å²) in [6, 6.07) is 19.3. The van der Waals surface area contributed by atoms with Gasteiger partial charge in [-0.2, -0.15) is 0 Å². The second kappa shape index (κ2) is 14.3. The van der Waals surface area contributed by atoms with E-state index in [4.69, 9.17) is 46.4 Å². The summed E-state index contributed by atoms with van der Waals surface area (Å²) >= 11 is 26.3. The van der Waals surface area contributed by atoms with Gasteiger partial charge in [-0.25, -0.2) is 0 Å². The molecule has 0 aliphatic heterocycles. The Balaban J connectivity index is 1.88. The summed E-state index contributed by atoms with van der Waals surface area (Å²) in [6.07, 6.45) is 0.365. The lowest BCUT2D eigenvalue weighted by Crippen LogP contribution is -2.52. The molecule has 0 spiro atoms. The van der Waals surface area contributed by atoms with Crippen molar-refractivity contribution in [2.45, 2.75) is 44.6 Å². The molecule has 0 radical (unpaired) electrons. The molecule has 0 aromatic heterocycles. The van der Waals surface area contributed by atoms with Gasteiger partial charge in [0.25, 0.3) is 0 Å². The number of rotatable bonds is 11. The average molecular weight is 598 g/mol. The van der Waals surface area contributed by atoms with E-state index in [1.807, 2.05) is 50.2 Å². The molecule has 3 rings (SSSR count). The summed E-state index contributed by atoms with van der Waals surface area (Å²) in [7, 11) is 0. The zero-order valence-electron chi connectivity index (χ0n) is 20.5. The van der Waals surface area contributed by atoms with Crippen molar-refractivity contribution >= 4 is 70.0 Å². The van der Waals surface area contributed by atoms with Gasteiger partial charge < -0.3 is 10.2 Å². The van der Waals surface area contributed by atoms with Crippen LogP contribution in [-0.2, 0) is 28.3 Å². The Bertz CT molecular complexity index is 1220. The molecule has 0 bridgehead atoms. The predicted molar refractivity (Wildman–Crippen MR) is 157 cm³/mol. The van der Waals surface area contributed by atoms with E-state index in [1.54, 1.807) is 35.2 Å². The first-order valence-electron chi connectivity index (χ1n) is 11.7. The van der Waals surface area contributed by atoms with Crippen LogP contribution in [0.1, 0.15) is 30.5 Å². The van der Waals surface area contributed by atoms with Crippen LogP contribution in [0.5, 0.6) is 0 Å². The van der Waals surface area contributed by atoms with Gasteiger partial charge in [-0.1, -0.05) is 88.9 Å². The van der Waals surface area contributed by atoms with Crippen molar-refractivity contribution in [2.24, 2.45) is 0 Å². The third-order valence-electron chi connectivity index (χ3n) is 5.56. The van der Waals surface area contributed by atoms with Crippen molar-refractivity contribution in [3.8, 4) is 0 Å². The number of hydrogen-bond acceptors (Lipinski definition) is 3. The zero-order valence-corrected chi connectivity index (χ0v) is 24.4. The average Bonchev–Trinajstić information content (AvgIpc) is 2.84. The fourth-order valence-electron chi connectivity index (χ4n) is 3.74. The minimum absolute atomic E-state index is 0.0803. The van der Waals surface area contributed by atoms with Gasteiger partial charge in [0.05, 0.1) is 5.75 Å². The Morgan fingerprint density at radius 3 is 2.03 bits per heavy atom. The number of benzene rings is 3. The zero-order chi connectivity index (χ0) is 26.9. The highest BCUT2D eigenvalue weighted by atomic mass is 35.5. The third kappa shape index (κ3) is 9.12. The highest BCUT2D eigenvalue weighted by Crippen LogP contribution is 2.27. The molecule has 0 heterocycles. The quantitative estimate of drug-likeness (QED) is 0.246. The number of nitrogens with zero attached hydrogens (tertiary/aromatic N) is 1. The summed E-state index contributed by atoms with van der Waals surface area (Å²) < 4.78 is 0. The maximum absolute atomic E-state index is 13.7. The minimum atomic E-state index is -0.733. The second-order valence-electron chi connectivity index (χ2n) is 8.85. The van der Waals surface area contributed by atoms with Crippen molar-refractivity contribution in [2.75, 3.05) is 5.75 Å². The van der Waals surface area contributed by atoms with Gasteiger partial charge in [0, 0.05) is 44.9 Å². The molecule has 3 aromatic rings.